The van der Waals surface area contributed by atoms with Gasteiger partial charge in [-0.25, -0.2) is 0 Å². The first-order valence-electron chi connectivity index (χ1n) is 15.0. The lowest BCUT2D eigenvalue weighted by molar-refractivity contribution is 1.19. The van der Waals surface area contributed by atoms with Crippen molar-refractivity contribution < 1.29 is 0 Å². The summed E-state index contributed by atoms with van der Waals surface area (Å²) in [5, 5.41) is 7.49. The number of hydrogen-bond acceptors (Lipinski definition) is 1. The van der Waals surface area contributed by atoms with Crippen molar-refractivity contribution in [2.45, 2.75) is 6.92 Å². The molecule has 2 heteroatoms. The number of hydrogen-bond donors (Lipinski definition) is 0. The van der Waals surface area contributed by atoms with Gasteiger partial charge in [-0.15, -0.1) is 0 Å². The molecule has 0 radical (unpaired) electrons. The van der Waals surface area contributed by atoms with E-state index in [1.165, 1.54) is 65.6 Å². The Bertz CT molecular complexity index is 2390. The summed E-state index contributed by atoms with van der Waals surface area (Å²) in [5.41, 5.74) is 10.4. The normalized spacial score (nSPS) is 12.0. The smallest absolute Gasteiger partial charge is 0.0619 e. The van der Waals surface area contributed by atoms with Gasteiger partial charge in [0.15, 0.2) is 0 Å². The van der Waals surface area contributed by atoms with Crippen LogP contribution in [-0.4, -0.2) is 9.55 Å². The molecular formula is C42H30N2. The molecule has 0 aliphatic heterocycles. The van der Waals surface area contributed by atoms with Gasteiger partial charge in [0.2, 0.25) is 0 Å². The summed E-state index contributed by atoms with van der Waals surface area (Å²) >= 11 is 0. The number of benzene rings is 6. The molecule has 0 atom stereocenters. The van der Waals surface area contributed by atoms with Crippen LogP contribution in [0.1, 0.15) is 18.1 Å². The standard InChI is InChI=1S/C42H30N2/c1-28(30-20-22-43-23-21-30)24-29(2)32-14-18-39-40-19-16-36-26-35(34-13-12-31-8-6-7-9-33(31)25-34)15-17-38(36)42(40)44(41(39)27-32)37-10-4-3-5-11-37/h3-27H,1H2,2H3/b29-24+. The van der Waals surface area contributed by atoms with Gasteiger partial charge in [0.25, 0.3) is 0 Å². The summed E-state index contributed by atoms with van der Waals surface area (Å²) in [5.74, 6) is 0. The highest BCUT2D eigenvalue weighted by molar-refractivity contribution is 6.19. The number of rotatable bonds is 5. The fourth-order valence-corrected chi connectivity index (χ4v) is 6.47. The maximum absolute atomic E-state index is 4.32. The van der Waals surface area contributed by atoms with E-state index in [1.54, 1.807) is 0 Å². The van der Waals surface area contributed by atoms with Gasteiger partial charge in [0.1, 0.15) is 0 Å². The number of para-hydroxylation sites is 1. The van der Waals surface area contributed by atoms with Crippen molar-refractivity contribution in [3.8, 4) is 16.8 Å². The van der Waals surface area contributed by atoms with Crippen molar-refractivity contribution in [1.82, 2.24) is 9.55 Å². The Labute approximate surface area is 256 Å². The first kappa shape index (κ1) is 25.9. The van der Waals surface area contributed by atoms with Crippen LogP contribution in [0.4, 0.5) is 0 Å². The zero-order valence-electron chi connectivity index (χ0n) is 24.5. The largest absolute Gasteiger partial charge is 0.309 e. The van der Waals surface area contributed by atoms with E-state index in [4.69, 9.17) is 0 Å². The van der Waals surface area contributed by atoms with Crippen molar-refractivity contribution in [2.75, 3.05) is 0 Å². The van der Waals surface area contributed by atoms with Crippen molar-refractivity contribution in [1.29, 1.82) is 0 Å². The van der Waals surface area contributed by atoms with E-state index in [1.807, 2.05) is 24.5 Å². The molecule has 2 heterocycles. The summed E-state index contributed by atoms with van der Waals surface area (Å²) in [7, 11) is 0. The highest BCUT2D eigenvalue weighted by atomic mass is 15.0. The molecule has 44 heavy (non-hydrogen) atoms. The highest BCUT2D eigenvalue weighted by Gasteiger charge is 2.16. The molecule has 8 aromatic rings. The molecule has 0 N–H and O–H groups in total. The monoisotopic (exact) mass is 562 g/mol. The van der Waals surface area contributed by atoms with Crippen LogP contribution in [0.2, 0.25) is 0 Å². The Kier molecular flexibility index (Phi) is 6.20. The summed E-state index contributed by atoms with van der Waals surface area (Å²) in [6, 6.07) is 48.2. The van der Waals surface area contributed by atoms with E-state index in [2.05, 4.69) is 150 Å². The number of allylic oxidation sites excluding steroid dienone is 3. The minimum Gasteiger partial charge on any atom is -0.309 e. The van der Waals surface area contributed by atoms with E-state index >= 15 is 0 Å². The molecular weight excluding hydrogens is 532 g/mol. The molecule has 0 fully saturated rings. The molecule has 6 aromatic carbocycles. The first-order valence-corrected chi connectivity index (χ1v) is 15.0. The molecule has 0 saturated heterocycles. The Morgan fingerprint density at radius 1 is 0.591 bits per heavy atom. The van der Waals surface area contributed by atoms with Gasteiger partial charge in [0.05, 0.1) is 11.0 Å². The highest BCUT2D eigenvalue weighted by Crippen LogP contribution is 2.39. The number of pyridine rings is 1. The molecule has 2 aromatic heterocycles. The Balaban J connectivity index is 1.32. The molecule has 0 aliphatic rings. The maximum atomic E-state index is 4.32. The summed E-state index contributed by atoms with van der Waals surface area (Å²) < 4.78 is 2.43. The molecule has 0 unspecified atom stereocenters. The van der Waals surface area contributed by atoms with E-state index in [0.29, 0.717) is 0 Å². The van der Waals surface area contributed by atoms with Gasteiger partial charge in [-0.1, -0.05) is 104 Å². The van der Waals surface area contributed by atoms with Gasteiger partial charge in [-0.3, -0.25) is 4.98 Å². The number of nitrogens with zero attached hydrogens (tertiary/aromatic N) is 2. The average Bonchev–Trinajstić information content (AvgIpc) is 3.42. The molecule has 8 rings (SSSR count). The zero-order chi connectivity index (χ0) is 29.6. The van der Waals surface area contributed by atoms with E-state index < -0.39 is 0 Å². The third kappa shape index (κ3) is 4.40. The van der Waals surface area contributed by atoms with Gasteiger partial charge in [0, 0.05) is 34.2 Å². The second kappa shape index (κ2) is 10.5. The van der Waals surface area contributed by atoms with Crippen molar-refractivity contribution in [3.05, 3.63) is 170 Å². The van der Waals surface area contributed by atoms with Gasteiger partial charge < -0.3 is 4.57 Å². The fraction of sp³-hybridized carbons (Fsp3) is 0.0238. The third-order valence-corrected chi connectivity index (χ3v) is 8.74. The summed E-state index contributed by atoms with van der Waals surface area (Å²) in [4.78, 5) is 4.15. The Hall–Kier alpha value is -5.73. The van der Waals surface area contributed by atoms with Crippen LogP contribution < -0.4 is 0 Å². The van der Waals surface area contributed by atoms with Crippen LogP contribution in [0.3, 0.4) is 0 Å². The molecule has 0 aliphatic carbocycles. The molecule has 208 valence electrons. The lowest BCUT2D eigenvalue weighted by Crippen LogP contribution is -1.95. The van der Waals surface area contributed by atoms with Crippen LogP contribution in [-0.2, 0) is 0 Å². The zero-order valence-corrected chi connectivity index (χ0v) is 24.5. The quantitative estimate of drug-likeness (QED) is 0.191. The summed E-state index contributed by atoms with van der Waals surface area (Å²) in [6.07, 6.45) is 5.78. The van der Waals surface area contributed by atoms with Crippen molar-refractivity contribution >= 4 is 54.5 Å². The molecule has 0 bridgehead atoms. The van der Waals surface area contributed by atoms with Gasteiger partial charge in [-0.2, -0.15) is 0 Å². The van der Waals surface area contributed by atoms with Gasteiger partial charge >= 0.3 is 0 Å². The molecule has 0 amide bonds. The lowest BCUT2D eigenvalue weighted by Gasteiger charge is -2.12. The molecule has 0 saturated carbocycles. The average molecular weight is 563 g/mol. The second-order valence-electron chi connectivity index (χ2n) is 11.5. The lowest BCUT2D eigenvalue weighted by atomic mass is 9.97. The molecule has 2 nitrogen and oxygen atoms in total. The maximum Gasteiger partial charge on any atom is 0.0619 e. The Morgan fingerprint density at radius 2 is 1.25 bits per heavy atom. The van der Waals surface area contributed by atoms with Crippen LogP contribution in [0, 0.1) is 0 Å². The fourth-order valence-electron chi connectivity index (χ4n) is 6.47. The van der Waals surface area contributed by atoms with Crippen LogP contribution in [0.5, 0.6) is 0 Å². The molecule has 0 spiro atoms. The topological polar surface area (TPSA) is 17.8 Å². The van der Waals surface area contributed by atoms with E-state index in [0.717, 1.165) is 16.8 Å². The SMILES string of the molecule is C=C(/C=C(\C)c1ccc2c3ccc4cc(-c5ccc6ccccc6c5)ccc4c3n(-c3ccccc3)c2c1)c1ccncc1. The first-order chi connectivity index (χ1) is 21.6. The van der Waals surface area contributed by atoms with Crippen LogP contribution in [0.25, 0.3) is 71.3 Å². The van der Waals surface area contributed by atoms with Gasteiger partial charge in [-0.05, 0) is 98.9 Å². The van der Waals surface area contributed by atoms with Crippen molar-refractivity contribution in [3.63, 3.8) is 0 Å². The number of fused-ring (bicyclic) bond motifs is 6. The third-order valence-electron chi connectivity index (χ3n) is 8.74. The Morgan fingerprint density at radius 3 is 2.07 bits per heavy atom. The van der Waals surface area contributed by atoms with Crippen LogP contribution in [0.15, 0.2) is 159 Å². The second-order valence-corrected chi connectivity index (χ2v) is 11.5. The minimum absolute atomic E-state index is 0.974. The van der Waals surface area contributed by atoms with E-state index in [-0.39, 0.29) is 0 Å². The summed E-state index contributed by atoms with van der Waals surface area (Å²) in [6.45, 7) is 6.48. The van der Waals surface area contributed by atoms with Crippen LogP contribution >= 0.6 is 0 Å². The predicted molar refractivity (Wildman–Crippen MR) is 188 cm³/mol. The predicted octanol–water partition coefficient (Wildman–Crippen LogP) is 11.3. The van der Waals surface area contributed by atoms with E-state index in [9.17, 15) is 0 Å². The minimum atomic E-state index is 0.974. The number of aromatic nitrogens is 2. The van der Waals surface area contributed by atoms with Crippen molar-refractivity contribution in [2.24, 2.45) is 0 Å².